The second-order valence-corrected chi connectivity index (χ2v) is 8.73. The summed E-state index contributed by atoms with van der Waals surface area (Å²) < 4.78 is 4.28. The van der Waals surface area contributed by atoms with Gasteiger partial charge in [-0.2, -0.15) is 0 Å². The second kappa shape index (κ2) is 6.27. The Morgan fingerprint density at radius 2 is 1.29 bits per heavy atom. The van der Waals surface area contributed by atoms with Crippen LogP contribution in [0.2, 0.25) is 0 Å². The van der Waals surface area contributed by atoms with Gasteiger partial charge in [0.2, 0.25) is 6.33 Å². The molecule has 0 fully saturated rings. The smallest absolute Gasteiger partial charge is 0.221 e. The van der Waals surface area contributed by atoms with Gasteiger partial charge in [-0.1, -0.05) is 69.0 Å². The maximum absolute atomic E-state index is 4.91. The lowest BCUT2D eigenvalue weighted by Gasteiger charge is -2.36. The van der Waals surface area contributed by atoms with Crippen LogP contribution in [-0.2, 0) is 12.6 Å². The molecule has 0 aliphatic carbocycles. The van der Waals surface area contributed by atoms with Crippen LogP contribution in [0.1, 0.15) is 32.3 Å². The summed E-state index contributed by atoms with van der Waals surface area (Å²) in [6, 6.07) is 22.2. The van der Waals surface area contributed by atoms with E-state index in [2.05, 4.69) is 92.0 Å². The van der Waals surface area contributed by atoms with Gasteiger partial charge in [-0.15, -0.1) is 4.68 Å². The van der Waals surface area contributed by atoms with E-state index in [0.717, 1.165) is 18.7 Å². The van der Waals surface area contributed by atoms with Gasteiger partial charge >= 0.3 is 5.82 Å². The van der Waals surface area contributed by atoms with Gasteiger partial charge in [0, 0.05) is 5.10 Å². The van der Waals surface area contributed by atoms with E-state index >= 15 is 0 Å². The predicted octanol–water partition coefficient (Wildman–Crippen LogP) is 6.38. The maximum atomic E-state index is 4.91. The standard InChI is InChI=1S/C28H26N3/c1-5-28(6-2)18(3)23-15-24-21-13-9-7-11-19(21)20-12-8-10-14-22(20)25(24)16-26(23)27-29-30(4)17-31(27)28/h7-17H,3,5-6H2,1-2,4H3/q+1. The Morgan fingerprint density at radius 3 is 1.81 bits per heavy atom. The lowest BCUT2D eigenvalue weighted by Crippen LogP contribution is -2.58. The number of nitrogens with zero attached hydrogens (tertiary/aromatic N) is 3. The van der Waals surface area contributed by atoms with Gasteiger partial charge < -0.3 is 0 Å². The fourth-order valence-electron chi connectivity index (χ4n) is 5.74. The molecule has 2 heterocycles. The first kappa shape index (κ1) is 18.3. The molecular formula is C28H26N3+. The Kier molecular flexibility index (Phi) is 3.71. The zero-order valence-corrected chi connectivity index (χ0v) is 18.3. The highest BCUT2D eigenvalue weighted by Gasteiger charge is 2.45. The fraction of sp³-hybridized carbons (Fsp3) is 0.214. The van der Waals surface area contributed by atoms with Crippen LogP contribution >= 0.6 is 0 Å². The average Bonchev–Trinajstić information content (AvgIpc) is 3.21. The van der Waals surface area contributed by atoms with Crippen molar-refractivity contribution in [2.45, 2.75) is 32.2 Å². The Balaban J connectivity index is 1.82. The molecule has 0 radical (unpaired) electrons. The minimum absolute atomic E-state index is 0.142. The molecule has 0 spiro atoms. The molecule has 3 heteroatoms. The molecule has 0 saturated heterocycles. The van der Waals surface area contributed by atoms with Crippen LogP contribution in [0.5, 0.6) is 0 Å². The van der Waals surface area contributed by atoms with Crippen LogP contribution in [0.25, 0.3) is 49.3 Å². The average molecular weight is 405 g/mol. The van der Waals surface area contributed by atoms with E-state index in [1.807, 2.05) is 11.7 Å². The highest BCUT2D eigenvalue weighted by Crippen LogP contribution is 2.46. The van der Waals surface area contributed by atoms with E-state index in [-0.39, 0.29) is 5.54 Å². The summed E-state index contributed by atoms with van der Waals surface area (Å²) in [5, 5.41) is 12.7. The first-order chi connectivity index (χ1) is 15.1. The molecule has 31 heavy (non-hydrogen) atoms. The zero-order valence-electron chi connectivity index (χ0n) is 18.3. The zero-order chi connectivity index (χ0) is 21.3. The van der Waals surface area contributed by atoms with Crippen LogP contribution < -0.4 is 4.57 Å². The van der Waals surface area contributed by atoms with E-state index in [0.29, 0.717) is 0 Å². The number of aromatic nitrogens is 3. The number of hydrogen-bond acceptors (Lipinski definition) is 1. The maximum Gasteiger partial charge on any atom is 0.310 e. The summed E-state index contributed by atoms with van der Waals surface area (Å²) in [7, 11) is 2.01. The minimum Gasteiger partial charge on any atom is -0.221 e. The third-order valence-electron chi connectivity index (χ3n) is 7.40. The van der Waals surface area contributed by atoms with Crippen molar-refractivity contribution in [3.8, 4) is 11.4 Å². The predicted molar refractivity (Wildman–Crippen MR) is 129 cm³/mol. The summed E-state index contributed by atoms with van der Waals surface area (Å²) in [6.07, 6.45) is 4.10. The number of aryl methyl sites for hydroxylation is 1. The van der Waals surface area contributed by atoms with Crippen molar-refractivity contribution in [1.29, 1.82) is 0 Å². The van der Waals surface area contributed by atoms with E-state index in [9.17, 15) is 0 Å². The topological polar surface area (TPSA) is 21.7 Å². The Bertz CT molecular complexity index is 1530. The van der Waals surface area contributed by atoms with Gasteiger partial charge in [-0.25, -0.2) is 4.57 Å². The Labute approximate surface area is 182 Å². The molecule has 6 rings (SSSR count). The van der Waals surface area contributed by atoms with Crippen LogP contribution in [0.3, 0.4) is 0 Å². The molecule has 0 unspecified atom stereocenters. The largest absolute Gasteiger partial charge is 0.310 e. The van der Waals surface area contributed by atoms with Crippen LogP contribution in [-0.4, -0.2) is 9.78 Å². The quantitative estimate of drug-likeness (QED) is 0.247. The summed E-state index contributed by atoms with van der Waals surface area (Å²) >= 11 is 0. The van der Waals surface area contributed by atoms with Crippen molar-refractivity contribution >= 4 is 37.9 Å². The molecule has 1 aliphatic heterocycles. The molecule has 4 aromatic carbocycles. The van der Waals surface area contributed by atoms with Crippen molar-refractivity contribution in [3.63, 3.8) is 0 Å². The summed E-state index contributed by atoms with van der Waals surface area (Å²) in [6.45, 7) is 9.16. The SMILES string of the molecule is C=C1c2cc3c4ccccc4c4ccccc4c3cc2-c2nn(C)c[n+]2C1(CC)CC. The van der Waals surface area contributed by atoms with Gasteiger partial charge in [0.1, 0.15) is 5.54 Å². The highest BCUT2D eigenvalue weighted by atomic mass is 15.4. The van der Waals surface area contributed by atoms with Gasteiger partial charge in [-0.3, -0.25) is 0 Å². The van der Waals surface area contributed by atoms with Gasteiger partial charge in [0.05, 0.1) is 12.6 Å². The van der Waals surface area contributed by atoms with Crippen molar-refractivity contribution in [2.75, 3.05) is 0 Å². The summed E-state index contributed by atoms with van der Waals surface area (Å²) in [5.41, 5.74) is 3.46. The number of allylic oxidation sites excluding steroid dienone is 1. The van der Waals surface area contributed by atoms with Crippen molar-refractivity contribution < 1.29 is 4.57 Å². The van der Waals surface area contributed by atoms with Crippen molar-refractivity contribution in [2.24, 2.45) is 7.05 Å². The Hall–Kier alpha value is -3.46. The van der Waals surface area contributed by atoms with Crippen LogP contribution in [0, 0.1) is 0 Å². The molecule has 152 valence electrons. The van der Waals surface area contributed by atoms with Crippen LogP contribution in [0.4, 0.5) is 0 Å². The minimum atomic E-state index is -0.142. The first-order valence-corrected chi connectivity index (χ1v) is 11.1. The lowest BCUT2D eigenvalue weighted by atomic mass is 9.76. The third kappa shape index (κ3) is 2.24. The van der Waals surface area contributed by atoms with Gasteiger partial charge in [-0.05, 0) is 68.4 Å². The summed E-state index contributed by atoms with van der Waals surface area (Å²) in [5.74, 6) is 1.03. The molecule has 3 nitrogen and oxygen atoms in total. The molecule has 0 atom stereocenters. The fourth-order valence-corrected chi connectivity index (χ4v) is 5.74. The molecule has 0 saturated carbocycles. The molecule has 1 aliphatic rings. The van der Waals surface area contributed by atoms with E-state index in [4.69, 9.17) is 5.10 Å². The number of benzene rings is 4. The molecule has 1 aromatic heterocycles. The number of hydrogen-bond donors (Lipinski definition) is 0. The lowest BCUT2D eigenvalue weighted by molar-refractivity contribution is -0.742. The number of fused-ring (bicyclic) bond motifs is 9. The van der Waals surface area contributed by atoms with E-state index in [1.165, 1.54) is 49.0 Å². The first-order valence-electron chi connectivity index (χ1n) is 11.1. The normalized spacial score (nSPS) is 14.9. The molecule has 5 aromatic rings. The molecule has 0 amide bonds. The van der Waals surface area contributed by atoms with E-state index < -0.39 is 0 Å². The van der Waals surface area contributed by atoms with Crippen molar-refractivity contribution in [3.05, 3.63) is 79.1 Å². The second-order valence-electron chi connectivity index (χ2n) is 8.73. The molecule has 0 bridgehead atoms. The van der Waals surface area contributed by atoms with Crippen molar-refractivity contribution in [1.82, 2.24) is 9.78 Å². The summed E-state index contributed by atoms with van der Waals surface area (Å²) in [4.78, 5) is 0. The number of rotatable bonds is 2. The van der Waals surface area contributed by atoms with Crippen LogP contribution in [0.15, 0.2) is 73.6 Å². The molecular weight excluding hydrogens is 378 g/mol. The molecule has 0 N–H and O–H groups in total. The third-order valence-corrected chi connectivity index (χ3v) is 7.40. The highest BCUT2D eigenvalue weighted by molar-refractivity contribution is 6.26. The van der Waals surface area contributed by atoms with Gasteiger partial charge in [0.25, 0.3) is 0 Å². The Morgan fingerprint density at radius 1 is 0.806 bits per heavy atom. The monoisotopic (exact) mass is 404 g/mol. The van der Waals surface area contributed by atoms with Gasteiger partial charge in [0.15, 0.2) is 0 Å². The van der Waals surface area contributed by atoms with E-state index in [1.54, 1.807) is 0 Å².